The van der Waals surface area contributed by atoms with Crippen molar-refractivity contribution in [3.63, 3.8) is 0 Å². The molecule has 2 aliphatic heterocycles. The van der Waals surface area contributed by atoms with Crippen LogP contribution in [0.2, 0.25) is 0 Å². The molecule has 2 fully saturated rings. The topological polar surface area (TPSA) is 39.7 Å². The van der Waals surface area contributed by atoms with Crippen LogP contribution in [0.5, 0.6) is 11.5 Å². The molecule has 0 bridgehead atoms. The Morgan fingerprint density at radius 3 is 2.90 bits per heavy atom. The molecule has 0 amide bonds. The Morgan fingerprint density at radius 1 is 1.24 bits per heavy atom. The minimum absolute atomic E-state index is 0.0806. The van der Waals surface area contributed by atoms with Crippen LogP contribution in [-0.2, 0) is 4.74 Å². The highest BCUT2D eigenvalue weighted by Gasteiger charge is 2.59. The predicted octanol–water partition coefficient (Wildman–Crippen LogP) is 2.23. The molecule has 4 rings (SSSR count). The maximum atomic E-state index is 6.01. The fraction of sp³-hybridized carbons (Fsp3) is 0.647. The summed E-state index contributed by atoms with van der Waals surface area (Å²) < 4.78 is 17.6. The molecule has 3 aliphatic rings. The van der Waals surface area contributed by atoms with Gasteiger partial charge >= 0.3 is 0 Å². The average Bonchev–Trinajstić information content (AvgIpc) is 2.94. The van der Waals surface area contributed by atoms with E-state index in [9.17, 15) is 0 Å². The molecule has 4 atom stereocenters. The molecule has 0 aromatic heterocycles. The SMILES string of the molecule is CC1(C)C(NCC2COc3ccccc3O2)C2CCOC21. The summed E-state index contributed by atoms with van der Waals surface area (Å²) in [5.74, 6) is 2.37. The van der Waals surface area contributed by atoms with Crippen LogP contribution in [0.1, 0.15) is 20.3 Å². The van der Waals surface area contributed by atoms with Crippen LogP contribution >= 0.6 is 0 Å². The third-order valence-electron chi connectivity index (χ3n) is 5.23. The first-order valence-electron chi connectivity index (χ1n) is 7.90. The lowest BCUT2D eigenvalue weighted by atomic mass is 9.57. The minimum atomic E-state index is 0.0806. The number of nitrogens with one attached hydrogen (secondary N) is 1. The second-order valence-corrected chi connectivity index (χ2v) is 6.95. The molecule has 1 N–H and O–H groups in total. The van der Waals surface area contributed by atoms with Crippen LogP contribution in [0, 0.1) is 11.3 Å². The normalized spacial score (nSPS) is 35.9. The Bertz CT molecular complexity index is 531. The van der Waals surface area contributed by atoms with Gasteiger partial charge in [0, 0.05) is 30.5 Å². The van der Waals surface area contributed by atoms with Crippen molar-refractivity contribution >= 4 is 0 Å². The highest BCUT2D eigenvalue weighted by atomic mass is 16.6. The summed E-state index contributed by atoms with van der Waals surface area (Å²) in [6.07, 6.45) is 1.69. The van der Waals surface area contributed by atoms with Crippen molar-refractivity contribution in [2.24, 2.45) is 11.3 Å². The summed E-state index contributed by atoms with van der Waals surface area (Å²) in [5, 5.41) is 3.70. The van der Waals surface area contributed by atoms with Gasteiger partial charge in [0.25, 0.3) is 0 Å². The van der Waals surface area contributed by atoms with Crippen molar-refractivity contribution in [1.29, 1.82) is 0 Å². The molecule has 1 aromatic rings. The zero-order valence-electron chi connectivity index (χ0n) is 12.7. The largest absolute Gasteiger partial charge is 0.486 e. The van der Waals surface area contributed by atoms with Crippen molar-refractivity contribution in [2.45, 2.75) is 38.5 Å². The van der Waals surface area contributed by atoms with Crippen LogP contribution in [0.15, 0.2) is 24.3 Å². The van der Waals surface area contributed by atoms with E-state index in [2.05, 4.69) is 19.2 Å². The van der Waals surface area contributed by atoms with Gasteiger partial charge in [-0.3, -0.25) is 0 Å². The average molecular weight is 289 g/mol. The van der Waals surface area contributed by atoms with Gasteiger partial charge in [-0.15, -0.1) is 0 Å². The number of benzene rings is 1. The van der Waals surface area contributed by atoms with E-state index in [0.717, 1.165) is 24.7 Å². The number of hydrogen-bond donors (Lipinski definition) is 1. The molecule has 1 aliphatic carbocycles. The minimum Gasteiger partial charge on any atom is -0.486 e. The van der Waals surface area contributed by atoms with Gasteiger partial charge in [0.05, 0.1) is 6.10 Å². The molecule has 114 valence electrons. The van der Waals surface area contributed by atoms with E-state index in [4.69, 9.17) is 14.2 Å². The molecule has 0 spiro atoms. The van der Waals surface area contributed by atoms with E-state index in [1.54, 1.807) is 0 Å². The van der Waals surface area contributed by atoms with Gasteiger partial charge in [-0.05, 0) is 18.6 Å². The lowest BCUT2D eigenvalue weighted by Crippen LogP contribution is -2.66. The van der Waals surface area contributed by atoms with E-state index in [-0.39, 0.29) is 11.5 Å². The standard InChI is InChI=1S/C17H23NO3/c1-17(2)15(12-7-8-19-16(12)17)18-9-11-10-20-13-5-3-4-6-14(13)21-11/h3-6,11-12,15-16,18H,7-10H2,1-2H3. The summed E-state index contributed by atoms with van der Waals surface area (Å²) in [6.45, 7) is 6.94. The second kappa shape index (κ2) is 4.89. The predicted molar refractivity (Wildman–Crippen MR) is 79.8 cm³/mol. The van der Waals surface area contributed by atoms with E-state index < -0.39 is 0 Å². The molecule has 1 aromatic carbocycles. The molecule has 4 unspecified atom stereocenters. The molecule has 21 heavy (non-hydrogen) atoms. The lowest BCUT2D eigenvalue weighted by molar-refractivity contribution is -0.114. The Balaban J connectivity index is 1.36. The molecular formula is C17H23NO3. The zero-order chi connectivity index (χ0) is 14.4. The zero-order valence-corrected chi connectivity index (χ0v) is 12.7. The van der Waals surface area contributed by atoms with E-state index in [1.165, 1.54) is 6.42 Å². The molecule has 2 heterocycles. The van der Waals surface area contributed by atoms with Gasteiger partial charge in [-0.2, -0.15) is 0 Å². The summed E-state index contributed by atoms with van der Waals surface area (Å²) in [5.41, 5.74) is 0.217. The van der Waals surface area contributed by atoms with Crippen LogP contribution < -0.4 is 14.8 Å². The summed E-state index contributed by atoms with van der Waals surface area (Å²) in [7, 11) is 0. The number of rotatable bonds is 3. The smallest absolute Gasteiger partial charge is 0.161 e. The first kappa shape index (κ1) is 13.4. The van der Waals surface area contributed by atoms with Crippen molar-refractivity contribution < 1.29 is 14.2 Å². The molecule has 4 nitrogen and oxygen atoms in total. The van der Waals surface area contributed by atoms with Gasteiger partial charge in [-0.1, -0.05) is 26.0 Å². The summed E-state index contributed by atoms with van der Waals surface area (Å²) in [6, 6.07) is 8.39. The van der Waals surface area contributed by atoms with Crippen molar-refractivity contribution in [1.82, 2.24) is 5.32 Å². The Morgan fingerprint density at radius 2 is 2.05 bits per heavy atom. The number of hydrogen-bond acceptors (Lipinski definition) is 4. The second-order valence-electron chi connectivity index (χ2n) is 6.95. The maximum absolute atomic E-state index is 6.01. The first-order chi connectivity index (χ1) is 10.2. The summed E-state index contributed by atoms with van der Waals surface area (Å²) in [4.78, 5) is 0. The fourth-order valence-electron chi connectivity index (χ4n) is 4.16. The van der Waals surface area contributed by atoms with Crippen LogP contribution in [0.25, 0.3) is 0 Å². The molecular weight excluding hydrogens is 266 g/mol. The number of para-hydroxylation sites is 2. The van der Waals surface area contributed by atoms with Gasteiger partial charge < -0.3 is 19.5 Å². The van der Waals surface area contributed by atoms with Crippen molar-refractivity contribution in [3.05, 3.63) is 24.3 Å². The van der Waals surface area contributed by atoms with Crippen molar-refractivity contribution in [2.75, 3.05) is 19.8 Å². The maximum Gasteiger partial charge on any atom is 0.161 e. The lowest BCUT2D eigenvalue weighted by Gasteiger charge is -2.55. The summed E-state index contributed by atoms with van der Waals surface area (Å²) >= 11 is 0. The third kappa shape index (κ3) is 2.12. The van der Waals surface area contributed by atoms with Crippen LogP contribution in [0.3, 0.4) is 0 Å². The number of ether oxygens (including phenoxy) is 3. The van der Waals surface area contributed by atoms with Crippen LogP contribution in [0.4, 0.5) is 0 Å². The van der Waals surface area contributed by atoms with Crippen LogP contribution in [-0.4, -0.2) is 38.0 Å². The van der Waals surface area contributed by atoms with E-state index >= 15 is 0 Å². The Labute approximate surface area is 125 Å². The Hall–Kier alpha value is -1.26. The van der Waals surface area contributed by atoms with Crippen molar-refractivity contribution in [3.8, 4) is 11.5 Å². The quantitative estimate of drug-likeness (QED) is 0.926. The van der Waals surface area contributed by atoms with Gasteiger partial charge in [-0.25, -0.2) is 0 Å². The first-order valence-corrected chi connectivity index (χ1v) is 7.90. The van der Waals surface area contributed by atoms with Gasteiger partial charge in [0.2, 0.25) is 0 Å². The third-order valence-corrected chi connectivity index (χ3v) is 5.23. The molecule has 1 saturated heterocycles. The number of fused-ring (bicyclic) bond motifs is 2. The monoisotopic (exact) mass is 289 g/mol. The molecule has 0 radical (unpaired) electrons. The fourth-order valence-corrected chi connectivity index (χ4v) is 4.16. The molecule has 4 heteroatoms. The van der Waals surface area contributed by atoms with E-state index in [0.29, 0.717) is 24.7 Å². The highest BCUT2D eigenvalue weighted by molar-refractivity contribution is 5.40. The Kier molecular flexibility index (Phi) is 3.12. The van der Waals surface area contributed by atoms with Gasteiger partial charge in [0.15, 0.2) is 11.5 Å². The molecule has 1 saturated carbocycles. The highest BCUT2D eigenvalue weighted by Crippen LogP contribution is 2.52. The van der Waals surface area contributed by atoms with Gasteiger partial charge in [0.1, 0.15) is 12.7 Å². The van der Waals surface area contributed by atoms with E-state index in [1.807, 2.05) is 24.3 Å².